The van der Waals surface area contributed by atoms with Crippen LogP contribution in [0.4, 0.5) is 5.82 Å². The molecule has 0 atom stereocenters. The van der Waals surface area contributed by atoms with Crippen molar-refractivity contribution in [3.8, 4) is 10.7 Å². The van der Waals surface area contributed by atoms with Gasteiger partial charge >= 0.3 is 0 Å². The Kier molecular flexibility index (Phi) is 2.05. The number of anilines is 1. The summed E-state index contributed by atoms with van der Waals surface area (Å²) in [5.74, 6) is 0.241. The number of hydrogen-bond donors (Lipinski definition) is 1. The lowest BCUT2D eigenvalue weighted by molar-refractivity contribution is 0.310. The van der Waals surface area contributed by atoms with Gasteiger partial charge in [-0.05, 0) is 28.5 Å². The summed E-state index contributed by atoms with van der Waals surface area (Å²) in [6, 6.07) is 5.49. The molecular formula is C9H5ClN4OS. The number of nitrogens with zero attached hydrogens (tertiary/aromatic N) is 3. The van der Waals surface area contributed by atoms with Crippen molar-refractivity contribution in [3.05, 3.63) is 23.2 Å². The van der Waals surface area contributed by atoms with E-state index >= 15 is 0 Å². The van der Waals surface area contributed by atoms with Crippen molar-refractivity contribution < 1.29 is 4.63 Å². The molecule has 2 aromatic heterocycles. The average Bonchev–Trinajstić information content (AvgIpc) is 2.82. The molecule has 2 heterocycles. The Morgan fingerprint density at radius 2 is 2.19 bits per heavy atom. The quantitative estimate of drug-likeness (QED) is 0.720. The average molecular weight is 253 g/mol. The van der Waals surface area contributed by atoms with Gasteiger partial charge in [0, 0.05) is 5.02 Å². The minimum atomic E-state index is 0.241. The summed E-state index contributed by atoms with van der Waals surface area (Å²) in [6.07, 6.45) is 0. The Morgan fingerprint density at radius 3 is 2.94 bits per heavy atom. The van der Waals surface area contributed by atoms with Crippen LogP contribution in [0.5, 0.6) is 0 Å². The highest BCUT2D eigenvalue weighted by atomic mass is 35.5. The Hall–Kier alpha value is -1.66. The van der Waals surface area contributed by atoms with Crippen LogP contribution in [0.3, 0.4) is 0 Å². The third-order valence-electron chi connectivity index (χ3n) is 2.07. The summed E-state index contributed by atoms with van der Waals surface area (Å²) >= 11 is 7.34. The van der Waals surface area contributed by atoms with Gasteiger partial charge in [-0.3, -0.25) is 0 Å². The molecule has 0 saturated carbocycles. The van der Waals surface area contributed by atoms with Gasteiger partial charge in [0.15, 0.2) is 16.5 Å². The molecule has 3 aromatic rings. The topological polar surface area (TPSA) is 77.8 Å². The monoisotopic (exact) mass is 252 g/mol. The van der Waals surface area contributed by atoms with E-state index in [4.69, 9.17) is 17.3 Å². The minimum Gasteiger partial charge on any atom is -0.379 e. The van der Waals surface area contributed by atoms with Crippen LogP contribution < -0.4 is 5.73 Å². The van der Waals surface area contributed by atoms with E-state index in [1.54, 1.807) is 6.07 Å². The van der Waals surface area contributed by atoms with Crippen molar-refractivity contribution in [1.29, 1.82) is 0 Å². The largest absolute Gasteiger partial charge is 0.379 e. The zero-order valence-corrected chi connectivity index (χ0v) is 9.42. The summed E-state index contributed by atoms with van der Waals surface area (Å²) in [5.41, 5.74) is 6.92. The molecule has 0 aliphatic heterocycles. The zero-order chi connectivity index (χ0) is 11.1. The molecule has 0 aliphatic rings. The van der Waals surface area contributed by atoms with Crippen LogP contribution in [0.2, 0.25) is 5.02 Å². The SMILES string of the molecule is Nc1nonc1-c1nc2ccc(Cl)cc2s1. The van der Waals surface area contributed by atoms with Gasteiger partial charge < -0.3 is 5.73 Å². The molecule has 0 fully saturated rings. The summed E-state index contributed by atoms with van der Waals surface area (Å²) in [4.78, 5) is 4.37. The summed E-state index contributed by atoms with van der Waals surface area (Å²) in [7, 11) is 0. The van der Waals surface area contributed by atoms with E-state index in [-0.39, 0.29) is 5.82 Å². The van der Waals surface area contributed by atoms with E-state index < -0.39 is 0 Å². The van der Waals surface area contributed by atoms with Gasteiger partial charge in [-0.15, -0.1) is 11.3 Å². The number of thiazole rings is 1. The third-order valence-corrected chi connectivity index (χ3v) is 3.33. The lowest BCUT2D eigenvalue weighted by Gasteiger charge is -1.86. The molecule has 7 heteroatoms. The molecule has 0 amide bonds. The van der Waals surface area contributed by atoms with Crippen molar-refractivity contribution in [2.45, 2.75) is 0 Å². The van der Waals surface area contributed by atoms with Crippen LogP contribution in [-0.4, -0.2) is 15.3 Å². The summed E-state index contributed by atoms with van der Waals surface area (Å²) < 4.78 is 5.51. The minimum absolute atomic E-state index is 0.241. The zero-order valence-electron chi connectivity index (χ0n) is 7.85. The predicted octanol–water partition coefficient (Wildman–Crippen LogP) is 2.58. The second kappa shape index (κ2) is 3.43. The van der Waals surface area contributed by atoms with Gasteiger partial charge in [0.1, 0.15) is 0 Å². The molecule has 0 saturated heterocycles. The smallest absolute Gasteiger partial charge is 0.198 e. The first-order valence-electron chi connectivity index (χ1n) is 4.38. The fourth-order valence-corrected chi connectivity index (χ4v) is 2.58. The molecule has 80 valence electrons. The maximum Gasteiger partial charge on any atom is 0.198 e. The molecular weight excluding hydrogens is 248 g/mol. The van der Waals surface area contributed by atoms with Crippen LogP contribution >= 0.6 is 22.9 Å². The fraction of sp³-hybridized carbons (Fsp3) is 0. The Labute approximate surface area is 98.8 Å². The number of benzene rings is 1. The first-order valence-corrected chi connectivity index (χ1v) is 5.58. The molecule has 0 spiro atoms. The highest BCUT2D eigenvalue weighted by molar-refractivity contribution is 7.21. The molecule has 1 aromatic carbocycles. The van der Waals surface area contributed by atoms with E-state index in [0.717, 1.165) is 10.2 Å². The number of rotatable bonds is 1. The molecule has 3 rings (SSSR count). The highest BCUT2D eigenvalue weighted by Crippen LogP contribution is 2.32. The van der Waals surface area contributed by atoms with Gasteiger partial charge in [-0.25, -0.2) is 9.61 Å². The standard InChI is InChI=1S/C9H5ClN4OS/c10-4-1-2-5-6(3-4)16-9(12-5)7-8(11)14-15-13-7/h1-3H,(H2,11,14). The normalized spacial score (nSPS) is 11.1. The van der Waals surface area contributed by atoms with Crippen molar-refractivity contribution >= 4 is 39.0 Å². The molecule has 0 radical (unpaired) electrons. The lowest BCUT2D eigenvalue weighted by Crippen LogP contribution is -1.87. The number of hydrogen-bond acceptors (Lipinski definition) is 6. The lowest BCUT2D eigenvalue weighted by atomic mass is 10.3. The first-order chi connectivity index (χ1) is 7.74. The van der Waals surface area contributed by atoms with Crippen LogP contribution in [0.1, 0.15) is 0 Å². The van der Waals surface area contributed by atoms with Gasteiger partial charge in [-0.1, -0.05) is 11.6 Å². The molecule has 2 N–H and O–H groups in total. The van der Waals surface area contributed by atoms with Crippen LogP contribution in [0, 0.1) is 0 Å². The van der Waals surface area contributed by atoms with Crippen molar-refractivity contribution in [1.82, 2.24) is 15.3 Å². The van der Waals surface area contributed by atoms with Crippen LogP contribution in [-0.2, 0) is 0 Å². The molecule has 0 aliphatic carbocycles. The van der Waals surface area contributed by atoms with E-state index in [2.05, 4.69) is 19.9 Å². The van der Waals surface area contributed by atoms with Crippen molar-refractivity contribution in [2.75, 3.05) is 5.73 Å². The first kappa shape index (κ1) is 9.56. The number of nitrogens with two attached hydrogens (primary N) is 1. The molecule has 16 heavy (non-hydrogen) atoms. The second-order valence-corrected chi connectivity index (χ2v) is 4.60. The Balaban J connectivity index is 2.23. The van der Waals surface area contributed by atoms with Crippen molar-refractivity contribution in [3.63, 3.8) is 0 Å². The number of nitrogen functional groups attached to an aromatic ring is 1. The Morgan fingerprint density at radius 1 is 1.31 bits per heavy atom. The predicted molar refractivity (Wildman–Crippen MR) is 62.3 cm³/mol. The molecule has 0 unspecified atom stereocenters. The fourth-order valence-electron chi connectivity index (χ4n) is 1.34. The number of aromatic nitrogens is 3. The Bertz CT molecular complexity index is 662. The van der Waals surface area contributed by atoms with Crippen LogP contribution in [0.15, 0.2) is 22.8 Å². The van der Waals surface area contributed by atoms with Crippen LogP contribution in [0.25, 0.3) is 20.9 Å². The number of halogens is 1. The van der Waals surface area contributed by atoms with Gasteiger partial charge in [-0.2, -0.15) is 0 Å². The van der Waals surface area contributed by atoms with Gasteiger partial charge in [0.2, 0.25) is 0 Å². The van der Waals surface area contributed by atoms with Gasteiger partial charge in [0.25, 0.3) is 0 Å². The molecule has 0 bridgehead atoms. The van der Waals surface area contributed by atoms with E-state index in [1.807, 2.05) is 12.1 Å². The van der Waals surface area contributed by atoms with E-state index in [1.165, 1.54) is 11.3 Å². The maximum atomic E-state index is 5.89. The number of fused-ring (bicyclic) bond motifs is 1. The second-order valence-electron chi connectivity index (χ2n) is 3.13. The van der Waals surface area contributed by atoms with E-state index in [9.17, 15) is 0 Å². The highest BCUT2D eigenvalue weighted by Gasteiger charge is 2.14. The summed E-state index contributed by atoms with van der Waals surface area (Å²) in [5, 5.41) is 8.57. The molecule has 5 nitrogen and oxygen atoms in total. The van der Waals surface area contributed by atoms with Crippen molar-refractivity contribution in [2.24, 2.45) is 0 Å². The third kappa shape index (κ3) is 1.43. The maximum absolute atomic E-state index is 5.89. The van der Waals surface area contributed by atoms with Gasteiger partial charge in [0.05, 0.1) is 10.2 Å². The summed E-state index contributed by atoms with van der Waals surface area (Å²) in [6.45, 7) is 0. The van der Waals surface area contributed by atoms with E-state index in [0.29, 0.717) is 15.7 Å².